The lowest BCUT2D eigenvalue weighted by Crippen LogP contribution is -2.53. The van der Waals surface area contributed by atoms with Gasteiger partial charge in [-0.3, -0.25) is 0 Å². The minimum atomic E-state index is 0.0150. The largest absolute Gasteiger partial charge is 0.325 e. The van der Waals surface area contributed by atoms with Crippen molar-refractivity contribution in [3.63, 3.8) is 0 Å². The van der Waals surface area contributed by atoms with Gasteiger partial charge in [-0.2, -0.15) is 5.11 Å². The van der Waals surface area contributed by atoms with Gasteiger partial charge in [0.15, 0.2) is 0 Å². The highest BCUT2D eigenvalue weighted by Crippen LogP contribution is 2.47. The molecule has 0 aliphatic heterocycles. The predicted molar refractivity (Wildman–Crippen MR) is 42.5 cm³/mol. The second kappa shape index (κ2) is 2.03. The number of nitrogens with one attached hydrogen (secondary N) is 1. The Kier molecular flexibility index (Phi) is 1.34. The van der Waals surface area contributed by atoms with Gasteiger partial charge < -0.3 is 5.73 Å². The summed E-state index contributed by atoms with van der Waals surface area (Å²) in [5, 5.41) is 3.76. The van der Waals surface area contributed by atoms with Crippen LogP contribution in [0.4, 0.5) is 0 Å². The molecule has 0 saturated heterocycles. The van der Waals surface area contributed by atoms with Crippen molar-refractivity contribution in [1.82, 2.24) is 0 Å². The number of rotatable bonds is 1. The van der Waals surface area contributed by atoms with E-state index in [4.69, 9.17) is 11.3 Å². The second-order valence-electron chi connectivity index (χ2n) is 4.20. The quantitative estimate of drug-likeness (QED) is 0.554. The zero-order chi connectivity index (χ0) is 7.95. The molecule has 0 aromatic carbocycles. The van der Waals surface area contributed by atoms with Gasteiger partial charge in [0.2, 0.25) is 0 Å². The Morgan fingerprint density at radius 3 is 1.82 bits per heavy atom. The van der Waals surface area contributed by atoms with Gasteiger partial charge in [0.25, 0.3) is 0 Å². The molecule has 0 heterocycles. The van der Waals surface area contributed by atoms with E-state index < -0.39 is 0 Å². The molecule has 2 bridgehead atoms. The van der Waals surface area contributed by atoms with Crippen molar-refractivity contribution >= 4 is 0 Å². The van der Waals surface area contributed by atoms with Gasteiger partial charge in [-0.25, -0.2) is 5.53 Å². The number of hydrogen-bond donors (Lipinski definition) is 2. The third-order valence-electron chi connectivity index (χ3n) is 3.50. The summed E-state index contributed by atoms with van der Waals surface area (Å²) in [7, 11) is 0. The van der Waals surface area contributed by atoms with Crippen LogP contribution in [0.3, 0.4) is 0 Å². The van der Waals surface area contributed by atoms with Crippen LogP contribution in [-0.4, -0.2) is 11.1 Å². The third-order valence-corrected chi connectivity index (χ3v) is 3.50. The lowest BCUT2D eigenvalue weighted by molar-refractivity contribution is 0.107. The summed E-state index contributed by atoms with van der Waals surface area (Å²) in [6, 6.07) is 0. The van der Waals surface area contributed by atoms with E-state index in [-0.39, 0.29) is 11.1 Å². The summed E-state index contributed by atoms with van der Waals surface area (Å²) in [5.74, 6) is 0. The van der Waals surface area contributed by atoms with Crippen molar-refractivity contribution in [3.8, 4) is 0 Å². The molecular weight excluding hydrogens is 138 g/mol. The Bertz CT molecular complexity index is 163. The fourth-order valence-electron chi connectivity index (χ4n) is 2.36. The normalized spacial score (nSPS) is 49.2. The van der Waals surface area contributed by atoms with Crippen LogP contribution in [0.15, 0.2) is 5.11 Å². The molecule has 0 unspecified atom stereocenters. The van der Waals surface area contributed by atoms with Gasteiger partial charge in [0.1, 0.15) is 0 Å². The third kappa shape index (κ3) is 0.984. The van der Waals surface area contributed by atoms with Gasteiger partial charge in [-0.05, 0) is 38.5 Å². The number of nitrogens with two attached hydrogens (primary N) is 1. The van der Waals surface area contributed by atoms with Crippen LogP contribution < -0.4 is 5.73 Å². The van der Waals surface area contributed by atoms with Crippen molar-refractivity contribution < 1.29 is 0 Å². The Balaban J connectivity index is 2.18. The minimum absolute atomic E-state index is 0.0150. The van der Waals surface area contributed by atoms with E-state index in [1.165, 1.54) is 0 Å². The first kappa shape index (κ1) is 7.22. The first-order chi connectivity index (χ1) is 5.18. The number of nitrogens with zero attached hydrogens (tertiary/aromatic N) is 1. The molecule has 11 heavy (non-hydrogen) atoms. The molecule has 3 nitrogen and oxygen atoms in total. The monoisotopic (exact) mass is 153 g/mol. The molecule has 0 aromatic rings. The molecule has 3 aliphatic rings. The molecule has 3 rings (SSSR count). The number of hydrogen-bond acceptors (Lipinski definition) is 3. The van der Waals surface area contributed by atoms with Crippen LogP contribution in [0.1, 0.15) is 38.5 Å². The Labute approximate surface area is 66.9 Å². The van der Waals surface area contributed by atoms with Crippen molar-refractivity contribution in [1.29, 1.82) is 5.53 Å². The highest BCUT2D eigenvalue weighted by atomic mass is 15.1. The van der Waals surface area contributed by atoms with Crippen molar-refractivity contribution in [3.05, 3.63) is 0 Å². The fourth-order valence-corrected chi connectivity index (χ4v) is 2.36. The Morgan fingerprint density at radius 1 is 1.00 bits per heavy atom. The summed E-state index contributed by atoms with van der Waals surface area (Å²) in [5.41, 5.74) is 13.4. The second-order valence-corrected chi connectivity index (χ2v) is 4.20. The Hall–Kier alpha value is -0.440. The van der Waals surface area contributed by atoms with Crippen LogP contribution in [0.5, 0.6) is 0 Å². The highest BCUT2D eigenvalue weighted by Gasteiger charge is 2.46. The van der Waals surface area contributed by atoms with E-state index in [0.717, 1.165) is 38.5 Å². The zero-order valence-electron chi connectivity index (χ0n) is 6.77. The molecule has 3 aliphatic carbocycles. The molecule has 62 valence electrons. The lowest BCUT2D eigenvalue weighted by Gasteiger charge is -2.48. The van der Waals surface area contributed by atoms with E-state index in [1.54, 1.807) is 0 Å². The Morgan fingerprint density at radius 2 is 1.45 bits per heavy atom. The molecule has 0 spiro atoms. The predicted octanol–water partition coefficient (Wildman–Crippen LogP) is 1.82. The minimum Gasteiger partial charge on any atom is -0.325 e. The molecular formula is C8H15N3. The zero-order valence-corrected chi connectivity index (χ0v) is 6.77. The van der Waals surface area contributed by atoms with E-state index in [1.807, 2.05) is 0 Å². The average Bonchev–Trinajstić information content (AvgIpc) is 2.07. The molecule has 3 heteroatoms. The van der Waals surface area contributed by atoms with Crippen LogP contribution >= 0.6 is 0 Å². The summed E-state index contributed by atoms with van der Waals surface area (Å²) in [6.45, 7) is 0. The summed E-state index contributed by atoms with van der Waals surface area (Å²) < 4.78 is 0. The van der Waals surface area contributed by atoms with Gasteiger partial charge >= 0.3 is 0 Å². The SMILES string of the molecule is N=NC12CCC(N)(CC1)CC2. The molecule has 3 saturated carbocycles. The van der Waals surface area contributed by atoms with Gasteiger partial charge in [0, 0.05) is 5.54 Å². The van der Waals surface area contributed by atoms with Crippen LogP contribution in [0.2, 0.25) is 0 Å². The number of fused-ring (bicyclic) bond motifs is 3. The maximum atomic E-state index is 7.12. The molecule has 0 atom stereocenters. The summed E-state index contributed by atoms with van der Waals surface area (Å²) in [6.07, 6.45) is 6.38. The van der Waals surface area contributed by atoms with Gasteiger partial charge in [-0.15, -0.1) is 0 Å². The molecule has 0 aromatic heterocycles. The first-order valence-electron chi connectivity index (χ1n) is 4.36. The van der Waals surface area contributed by atoms with Crippen molar-refractivity contribution in [2.45, 2.75) is 49.6 Å². The van der Waals surface area contributed by atoms with Crippen LogP contribution in [-0.2, 0) is 0 Å². The molecule has 3 fully saturated rings. The average molecular weight is 153 g/mol. The molecule has 0 radical (unpaired) electrons. The maximum Gasteiger partial charge on any atom is 0.0815 e. The van der Waals surface area contributed by atoms with Gasteiger partial charge in [0.05, 0.1) is 5.54 Å². The molecule has 0 amide bonds. The highest BCUT2D eigenvalue weighted by molar-refractivity contribution is 5.06. The van der Waals surface area contributed by atoms with Gasteiger partial charge in [-0.1, -0.05) is 0 Å². The van der Waals surface area contributed by atoms with Crippen molar-refractivity contribution in [2.24, 2.45) is 10.8 Å². The fraction of sp³-hybridized carbons (Fsp3) is 1.00. The topological polar surface area (TPSA) is 62.2 Å². The summed E-state index contributed by atoms with van der Waals surface area (Å²) >= 11 is 0. The van der Waals surface area contributed by atoms with E-state index in [2.05, 4.69) is 5.11 Å². The maximum absolute atomic E-state index is 7.12. The summed E-state index contributed by atoms with van der Waals surface area (Å²) in [4.78, 5) is 0. The van der Waals surface area contributed by atoms with E-state index in [0.29, 0.717) is 0 Å². The lowest BCUT2D eigenvalue weighted by atomic mass is 9.62. The standard InChI is InChI=1S/C8H15N3/c9-7-1-4-8(11-10,5-2-7)6-3-7/h10H,1-6,9H2. The van der Waals surface area contributed by atoms with E-state index in [9.17, 15) is 0 Å². The van der Waals surface area contributed by atoms with Crippen LogP contribution in [0, 0.1) is 5.53 Å². The first-order valence-corrected chi connectivity index (χ1v) is 4.36. The van der Waals surface area contributed by atoms with Crippen molar-refractivity contribution in [2.75, 3.05) is 0 Å². The van der Waals surface area contributed by atoms with E-state index >= 15 is 0 Å². The smallest absolute Gasteiger partial charge is 0.0815 e. The van der Waals surface area contributed by atoms with Crippen LogP contribution in [0.25, 0.3) is 0 Å². The molecule has 3 N–H and O–H groups in total.